The Kier molecular flexibility index (Phi) is 6.31. The van der Waals surface area contributed by atoms with Crippen LogP contribution in [-0.2, 0) is 20.3 Å². The summed E-state index contributed by atoms with van der Waals surface area (Å²) >= 11 is 6.66. The average Bonchev–Trinajstić information content (AvgIpc) is 3.24. The lowest BCUT2D eigenvalue weighted by Crippen LogP contribution is -2.41. The van der Waals surface area contributed by atoms with Crippen molar-refractivity contribution in [1.29, 1.82) is 0 Å². The molecule has 1 fully saturated rings. The van der Waals surface area contributed by atoms with Crippen molar-refractivity contribution in [2.45, 2.75) is 84.4 Å². The SMILES string of the molecule is CC1(C)OB(c2cc(Cl)c3cnn(-c4cccc(CO[Si](C)(C)C(C)(C)C)n4)c3c2)OC1(C)C. The van der Waals surface area contributed by atoms with Gasteiger partial charge in [-0.1, -0.05) is 38.4 Å². The highest BCUT2D eigenvalue weighted by Crippen LogP contribution is 2.38. The van der Waals surface area contributed by atoms with Crippen molar-refractivity contribution < 1.29 is 13.7 Å². The molecule has 3 heterocycles. The van der Waals surface area contributed by atoms with Crippen LogP contribution in [0.25, 0.3) is 16.7 Å². The number of nitrogens with zero attached hydrogens (tertiary/aromatic N) is 3. The smallest absolute Gasteiger partial charge is 0.411 e. The highest BCUT2D eigenvalue weighted by atomic mass is 35.5. The Hall–Kier alpha value is -1.71. The van der Waals surface area contributed by atoms with E-state index in [0.717, 1.165) is 22.1 Å². The van der Waals surface area contributed by atoms with E-state index in [4.69, 9.17) is 30.3 Å². The first kappa shape index (κ1) is 25.4. The van der Waals surface area contributed by atoms with Crippen LogP contribution in [0, 0.1) is 0 Å². The van der Waals surface area contributed by atoms with Gasteiger partial charge in [-0.05, 0) is 75.6 Å². The third kappa shape index (κ3) is 4.58. The monoisotopic (exact) mass is 499 g/mol. The van der Waals surface area contributed by atoms with E-state index in [1.165, 1.54) is 0 Å². The second-order valence-corrected chi connectivity index (χ2v) is 16.8. The quantitative estimate of drug-likeness (QED) is 0.409. The Morgan fingerprint density at radius 1 is 1.09 bits per heavy atom. The maximum absolute atomic E-state index is 6.66. The minimum Gasteiger partial charge on any atom is -0.411 e. The standard InChI is InChI=1S/C25H35BClN3O3Si/c1-23(2,3)34(8,9)31-16-18-11-10-12-22(29-18)30-21-14-17(13-20(27)19(21)15-28-30)26-32-24(4,5)25(6,7)33-26/h10-15H,16H2,1-9H3. The molecule has 0 unspecified atom stereocenters. The molecule has 2 aromatic heterocycles. The molecule has 0 spiro atoms. The van der Waals surface area contributed by atoms with Crippen molar-refractivity contribution in [3.05, 3.63) is 47.2 Å². The second kappa shape index (κ2) is 8.45. The highest BCUT2D eigenvalue weighted by Gasteiger charge is 2.51. The number of fused-ring (bicyclic) bond motifs is 1. The molecule has 0 atom stereocenters. The average molecular weight is 500 g/mol. The minimum atomic E-state index is -1.88. The molecular weight excluding hydrogens is 465 g/mol. The molecule has 34 heavy (non-hydrogen) atoms. The van der Waals surface area contributed by atoms with E-state index in [0.29, 0.717) is 17.4 Å². The number of rotatable bonds is 5. The maximum atomic E-state index is 6.66. The van der Waals surface area contributed by atoms with Crippen LogP contribution >= 0.6 is 11.6 Å². The number of hydrogen-bond donors (Lipinski definition) is 0. The first-order chi connectivity index (χ1) is 15.6. The lowest BCUT2D eigenvalue weighted by Gasteiger charge is -2.36. The normalized spacial score (nSPS) is 18.1. The van der Waals surface area contributed by atoms with Crippen molar-refractivity contribution >= 4 is 43.4 Å². The first-order valence-corrected chi connectivity index (χ1v) is 15.0. The molecule has 9 heteroatoms. The van der Waals surface area contributed by atoms with Gasteiger partial charge < -0.3 is 13.7 Å². The van der Waals surface area contributed by atoms with Gasteiger partial charge in [0.15, 0.2) is 14.1 Å². The number of benzene rings is 1. The summed E-state index contributed by atoms with van der Waals surface area (Å²) in [5.74, 6) is 0.716. The van der Waals surface area contributed by atoms with Crippen molar-refractivity contribution in [3.8, 4) is 5.82 Å². The molecule has 0 N–H and O–H groups in total. The van der Waals surface area contributed by atoms with Crippen LogP contribution in [0.5, 0.6) is 0 Å². The lowest BCUT2D eigenvalue weighted by atomic mass is 9.79. The van der Waals surface area contributed by atoms with E-state index in [9.17, 15) is 0 Å². The Bertz CT molecular complexity index is 1200. The largest absolute Gasteiger partial charge is 0.494 e. The maximum Gasteiger partial charge on any atom is 0.494 e. The van der Waals surface area contributed by atoms with E-state index in [2.05, 4.69) is 39.0 Å². The van der Waals surface area contributed by atoms with Crippen LogP contribution in [0.4, 0.5) is 0 Å². The fourth-order valence-corrected chi connectivity index (χ4v) is 4.75. The van der Waals surface area contributed by atoms with E-state index < -0.39 is 26.6 Å². The van der Waals surface area contributed by atoms with Gasteiger partial charge in [0, 0.05) is 5.39 Å². The summed E-state index contributed by atoms with van der Waals surface area (Å²) in [4.78, 5) is 4.85. The van der Waals surface area contributed by atoms with Crippen LogP contribution in [0.15, 0.2) is 36.5 Å². The number of hydrogen-bond acceptors (Lipinski definition) is 5. The van der Waals surface area contributed by atoms with Gasteiger partial charge in [0.2, 0.25) is 0 Å². The predicted octanol–water partition coefficient (Wildman–Crippen LogP) is 5.89. The molecule has 0 saturated carbocycles. The summed E-state index contributed by atoms with van der Waals surface area (Å²) in [6.45, 7) is 19.8. The fraction of sp³-hybridized carbons (Fsp3) is 0.520. The predicted molar refractivity (Wildman–Crippen MR) is 142 cm³/mol. The van der Waals surface area contributed by atoms with E-state index in [-0.39, 0.29) is 5.04 Å². The van der Waals surface area contributed by atoms with Gasteiger partial charge in [0.1, 0.15) is 0 Å². The van der Waals surface area contributed by atoms with Crippen LogP contribution in [0.3, 0.4) is 0 Å². The van der Waals surface area contributed by atoms with Gasteiger partial charge in [-0.2, -0.15) is 5.10 Å². The van der Waals surface area contributed by atoms with Gasteiger partial charge in [0.05, 0.1) is 40.2 Å². The van der Waals surface area contributed by atoms with E-state index in [1.807, 2.05) is 62.7 Å². The molecule has 1 aliphatic rings. The topological polar surface area (TPSA) is 58.4 Å². The summed E-state index contributed by atoms with van der Waals surface area (Å²) in [6, 6.07) is 9.84. The molecule has 0 aliphatic carbocycles. The van der Waals surface area contributed by atoms with Crippen molar-refractivity contribution in [2.24, 2.45) is 0 Å². The van der Waals surface area contributed by atoms with Crippen LogP contribution in [-0.4, -0.2) is 41.4 Å². The van der Waals surface area contributed by atoms with Crippen molar-refractivity contribution in [3.63, 3.8) is 0 Å². The molecule has 3 aromatic rings. The third-order valence-corrected chi connectivity index (χ3v) is 12.4. The van der Waals surface area contributed by atoms with E-state index in [1.54, 1.807) is 6.20 Å². The molecule has 1 aromatic carbocycles. The number of pyridine rings is 1. The molecule has 182 valence electrons. The Balaban J connectivity index is 1.67. The summed E-state index contributed by atoms with van der Waals surface area (Å²) in [6.07, 6.45) is 1.77. The summed E-state index contributed by atoms with van der Waals surface area (Å²) in [5, 5.41) is 6.19. The van der Waals surface area contributed by atoms with Crippen molar-refractivity contribution in [2.75, 3.05) is 0 Å². The van der Waals surface area contributed by atoms with Gasteiger partial charge >= 0.3 is 7.12 Å². The zero-order valence-corrected chi connectivity index (χ0v) is 23.4. The van der Waals surface area contributed by atoms with Crippen LogP contribution in [0.2, 0.25) is 23.2 Å². The van der Waals surface area contributed by atoms with Gasteiger partial charge in [0.25, 0.3) is 0 Å². The zero-order chi connectivity index (χ0) is 25.1. The molecule has 0 amide bonds. The Morgan fingerprint density at radius 3 is 2.35 bits per heavy atom. The Morgan fingerprint density at radius 2 is 1.74 bits per heavy atom. The zero-order valence-electron chi connectivity index (χ0n) is 21.7. The molecular formula is C25H35BClN3O3Si. The number of halogens is 1. The molecule has 0 bridgehead atoms. The van der Waals surface area contributed by atoms with Crippen LogP contribution < -0.4 is 5.46 Å². The molecule has 4 rings (SSSR count). The summed E-state index contributed by atoms with van der Waals surface area (Å²) in [7, 11) is -2.38. The summed E-state index contributed by atoms with van der Waals surface area (Å²) in [5.41, 5.74) is 1.72. The lowest BCUT2D eigenvalue weighted by molar-refractivity contribution is 0.00578. The number of aromatic nitrogens is 3. The van der Waals surface area contributed by atoms with Gasteiger partial charge in [-0.15, -0.1) is 0 Å². The first-order valence-electron chi connectivity index (χ1n) is 11.7. The fourth-order valence-electron chi connectivity index (χ4n) is 3.54. The second-order valence-electron chi connectivity index (χ2n) is 11.6. The minimum absolute atomic E-state index is 0.142. The van der Waals surface area contributed by atoms with Gasteiger partial charge in [-0.25, -0.2) is 9.67 Å². The van der Waals surface area contributed by atoms with Gasteiger partial charge in [-0.3, -0.25) is 0 Å². The molecule has 1 saturated heterocycles. The van der Waals surface area contributed by atoms with Crippen molar-refractivity contribution in [1.82, 2.24) is 14.8 Å². The molecule has 6 nitrogen and oxygen atoms in total. The molecule has 0 radical (unpaired) electrons. The van der Waals surface area contributed by atoms with Crippen LogP contribution in [0.1, 0.15) is 54.2 Å². The molecule has 1 aliphatic heterocycles. The summed E-state index contributed by atoms with van der Waals surface area (Å²) < 4.78 is 20.7. The Labute approximate surface area is 209 Å². The highest BCUT2D eigenvalue weighted by molar-refractivity contribution is 6.74. The third-order valence-electron chi connectivity index (χ3n) is 7.58. The van der Waals surface area contributed by atoms with E-state index >= 15 is 0 Å².